The van der Waals surface area contributed by atoms with Gasteiger partial charge in [-0.2, -0.15) is 0 Å². The molecule has 2 aliphatic rings. The predicted octanol–water partition coefficient (Wildman–Crippen LogP) is 3.06. The SMILES string of the molecule is CC(C)(C)OC(=O)N1CC[C@@H](CN2CCN(Cc3ccccc3)CC2)C1. The molecule has 0 aliphatic carbocycles. The van der Waals surface area contributed by atoms with Crippen LogP contribution in [0.5, 0.6) is 0 Å². The van der Waals surface area contributed by atoms with E-state index < -0.39 is 5.60 Å². The summed E-state index contributed by atoms with van der Waals surface area (Å²) >= 11 is 0. The molecule has 2 heterocycles. The smallest absolute Gasteiger partial charge is 0.410 e. The Morgan fingerprint density at radius 3 is 2.35 bits per heavy atom. The summed E-state index contributed by atoms with van der Waals surface area (Å²) in [5.74, 6) is 0.572. The third-order valence-corrected chi connectivity index (χ3v) is 5.17. The number of hydrogen-bond acceptors (Lipinski definition) is 4. The minimum absolute atomic E-state index is 0.160. The molecule has 5 nitrogen and oxygen atoms in total. The zero-order valence-corrected chi connectivity index (χ0v) is 16.5. The van der Waals surface area contributed by atoms with Gasteiger partial charge >= 0.3 is 6.09 Å². The van der Waals surface area contributed by atoms with Gasteiger partial charge in [0.25, 0.3) is 0 Å². The van der Waals surface area contributed by atoms with Crippen LogP contribution in [-0.4, -0.2) is 72.2 Å². The van der Waals surface area contributed by atoms with Crippen molar-refractivity contribution in [2.45, 2.75) is 39.3 Å². The van der Waals surface area contributed by atoms with Gasteiger partial charge in [-0.3, -0.25) is 4.90 Å². The van der Waals surface area contributed by atoms with Gasteiger partial charge in [0.15, 0.2) is 0 Å². The molecule has 0 aromatic heterocycles. The van der Waals surface area contributed by atoms with Crippen molar-refractivity contribution in [3.05, 3.63) is 35.9 Å². The van der Waals surface area contributed by atoms with Crippen LogP contribution in [0.15, 0.2) is 30.3 Å². The van der Waals surface area contributed by atoms with Gasteiger partial charge in [0.05, 0.1) is 0 Å². The zero-order valence-electron chi connectivity index (χ0n) is 16.5. The van der Waals surface area contributed by atoms with Crippen molar-refractivity contribution >= 4 is 6.09 Å². The van der Waals surface area contributed by atoms with Gasteiger partial charge < -0.3 is 14.5 Å². The third kappa shape index (κ3) is 5.71. The first kappa shape index (κ1) is 19.2. The molecule has 5 heteroatoms. The van der Waals surface area contributed by atoms with Gasteiger partial charge in [-0.25, -0.2) is 4.79 Å². The molecule has 0 spiro atoms. The van der Waals surface area contributed by atoms with Crippen LogP contribution in [0.1, 0.15) is 32.8 Å². The number of benzene rings is 1. The van der Waals surface area contributed by atoms with Crippen molar-refractivity contribution in [3.63, 3.8) is 0 Å². The van der Waals surface area contributed by atoms with E-state index in [9.17, 15) is 4.79 Å². The second-order valence-electron chi connectivity index (χ2n) is 8.64. The Kier molecular flexibility index (Phi) is 6.20. The van der Waals surface area contributed by atoms with Crippen molar-refractivity contribution in [1.29, 1.82) is 0 Å². The number of carbonyl (C=O) groups excluding carboxylic acids is 1. The average molecular weight is 360 g/mol. The zero-order chi connectivity index (χ0) is 18.6. The van der Waals surface area contributed by atoms with E-state index in [0.29, 0.717) is 5.92 Å². The fourth-order valence-electron chi connectivity index (χ4n) is 3.81. The van der Waals surface area contributed by atoms with E-state index >= 15 is 0 Å². The molecule has 0 radical (unpaired) electrons. The molecule has 1 aromatic rings. The maximum atomic E-state index is 12.2. The first-order valence-corrected chi connectivity index (χ1v) is 9.85. The lowest BCUT2D eigenvalue weighted by molar-refractivity contribution is 0.0282. The Labute approximate surface area is 157 Å². The number of ether oxygens (including phenoxy) is 1. The van der Waals surface area contributed by atoms with E-state index in [2.05, 4.69) is 40.1 Å². The van der Waals surface area contributed by atoms with Crippen molar-refractivity contribution in [2.75, 3.05) is 45.8 Å². The van der Waals surface area contributed by atoms with Crippen LogP contribution in [0.2, 0.25) is 0 Å². The van der Waals surface area contributed by atoms with E-state index in [1.165, 1.54) is 5.56 Å². The predicted molar refractivity (Wildman–Crippen MR) is 104 cm³/mol. The fourth-order valence-corrected chi connectivity index (χ4v) is 3.81. The van der Waals surface area contributed by atoms with Gasteiger partial charge in [0.1, 0.15) is 5.60 Å². The van der Waals surface area contributed by atoms with E-state index in [1.807, 2.05) is 25.7 Å². The molecule has 0 N–H and O–H groups in total. The highest BCUT2D eigenvalue weighted by Crippen LogP contribution is 2.21. The van der Waals surface area contributed by atoms with Crippen molar-refractivity contribution in [2.24, 2.45) is 5.92 Å². The summed E-state index contributed by atoms with van der Waals surface area (Å²) in [6.07, 6.45) is 0.927. The van der Waals surface area contributed by atoms with E-state index in [0.717, 1.165) is 58.8 Å². The maximum absolute atomic E-state index is 12.2. The van der Waals surface area contributed by atoms with E-state index in [4.69, 9.17) is 4.74 Å². The molecule has 1 aromatic carbocycles. The first-order chi connectivity index (χ1) is 12.4. The molecular weight excluding hydrogens is 326 g/mol. The van der Waals surface area contributed by atoms with Gasteiger partial charge in [-0.1, -0.05) is 30.3 Å². The minimum atomic E-state index is -0.412. The molecule has 26 heavy (non-hydrogen) atoms. The molecule has 144 valence electrons. The molecule has 0 saturated carbocycles. The number of carbonyl (C=O) groups is 1. The molecule has 0 unspecified atom stereocenters. The van der Waals surface area contributed by atoms with Gasteiger partial charge in [0.2, 0.25) is 0 Å². The molecule has 2 aliphatic heterocycles. The average Bonchev–Trinajstić information content (AvgIpc) is 3.05. The van der Waals surface area contributed by atoms with Crippen LogP contribution in [0.4, 0.5) is 4.79 Å². The largest absolute Gasteiger partial charge is 0.444 e. The van der Waals surface area contributed by atoms with Crippen LogP contribution in [-0.2, 0) is 11.3 Å². The lowest BCUT2D eigenvalue weighted by Gasteiger charge is -2.36. The lowest BCUT2D eigenvalue weighted by Crippen LogP contribution is -2.47. The highest BCUT2D eigenvalue weighted by Gasteiger charge is 2.31. The molecular formula is C21H33N3O2. The van der Waals surface area contributed by atoms with Gasteiger partial charge in [0, 0.05) is 52.4 Å². The first-order valence-electron chi connectivity index (χ1n) is 9.85. The summed E-state index contributed by atoms with van der Waals surface area (Å²) < 4.78 is 5.50. The quantitative estimate of drug-likeness (QED) is 0.828. The molecule has 1 amide bonds. The van der Waals surface area contributed by atoms with Crippen molar-refractivity contribution < 1.29 is 9.53 Å². The summed E-state index contributed by atoms with van der Waals surface area (Å²) in [6.45, 7) is 14.1. The highest BCUT2D eigenvalue weighted by molar-refractivity contribution is 5.68. The maximum Gasteiger partial charge on any atom is 0.410 e. The van der Waals surface area contributed by atoms with Gasteiger partial charge in [-0.05, 0) is 38.7 Å². The summed E-state index contributed by atoms with van der Waals surface area (Å²) in [6, 6.07) is 10.7. The lowest BCUT2D eigenvalue weighted by atomic mass is 10.1. The standard InChI is InChI=1S/C21H33N3O2/c1-21(2,3)26-20(25)24-10-9-19(17-24)16-23-13-11-22(12-14-23)15-18-7-5-4-6-8-18/h4-8,19H,9-17H2,1-3H3/t19-/m0/s1. The Morgan fingerprint density at radius 1 is 1.04 bits per heavy atom. The third-order valence-electron chi connectivity index (χ3n) is 5.17. The number of amides is 1. The normalized spacial score (nSPS) is 22.6. The second kappa shape index (κ2) is 8.40. The van der Waals surface area contributed by atoms with E-state index in [-0.39, 0.29) is 6.09 Å². The topological polar surface area (TPSA) is 36.0 Å². The summed E-state index contributed by atoms with van der Waals surface area (Å²) in [5, 5.41) is 0. The van der Waals surface area contributed by atoms with Crippen molar-refractivity contribution in [1.82, 2.24) is 14.7 Å². The summed E-state index contributed by atoms with van der Waals surface area (Å²) in [4.78, 5) is 19.2. The molecule has 3 rings (SSSR count). The number of nitrogens with zero attached hydrogens (tertiary/aromatic N) is 3. The monoisotopic (exact) mass is 359 g/mol. The Hall–Kier alpha value is -1.59. The van der Waals surface area contributed by atoms with Crippen LogP contribution in [0, 0.1) is 5.92 Å². The molecule has 2 fully saturated rings. The number of likely N-dealkylation sites (tertiary alicyclic amines) is 1. The second-order valence-corrected chi connectivity index (χ2v) is 8.64. The van der Waals surface area contributed by atoms with Crippen LogP contribution in [0.3, 0.4) is 0 Å². The van der Waals surface area contributed by atoms with E-state index in [1.54, 1.807) is 0 Å². The summed E-state index contributed by atoms with van der Waals surface area (Å²) in [7, 11) is 0. The highest BCUT2D eigenvalue weighted by atomic mass is 16.6. The number of rotatable bonds is 4. The minimum Gasteiger partial charge on any atom is -0.444 e. The Balaban J connectivity index is 1.38. The van der Waals surface area contributed by atoms with Crippen LogP contribution >= 0.6 is 0 Å². The molecule has 0 bridgehead atoms. The van der Waals surface area contributed by atoms with Gasteiger partial charge in [-0.15, -0.1) is 0 Å². The molecule has 2 saturated heterocycles. The van der Waals surface area contributed by atoms with Crippen molar-refractivity contribution in [3.8, 4) is 0 Å². The number of hydrogen-bond donors (Lipinski definition) is 0. The Bertz CT molecular complexity index is 577. The summed E-state index contributed by atoms with van der Waals surface area (Å²) in [5.41, 5.74) is 0.981. The van der Waals surface area contributed by atoms with Crippen LogP contribution < -0.4 is 0 Å². The molecule has 1 atom stereocenters. The fraction of sp³-hybridized carbons (Fsp3) is 0.667. The number of piperazine rings is 1. The van der Waals surface area contributed by atoms with Crippen LogP contribution in [0.25, 0.3) is 0 Å². The Morgan fingerprint density at radius 2 is 1.69 bits per heavy atom.